The van der Waals surface area contributed by atoms with E-state index in [-0.39, 0.29) is 6.17 Å². The summed E-state index contributed by atoms with van der Waals surface area (Å²) in [5, 5.41) is 4.07. The molecule has 1 unspecified atom stereocenters. The van der Waals surface area contributed by atoms with Crippen LogP contribution in [0.25, 0.3) is 0 Å². The minimum absolute atomic E-state index is 0.175. The van der Waals surface area contributed by atoms with Crippen LogP contribution in [-0.2, 0) is 6.42 Å². The van der Waals surface area contributed by atoms with Crippen LogP contribution >= 0.6 is 11.6 Å². The van der Waals surface area contributed by atoms with Crippen LogP contribution in [0.1, 0.15) is 12.0 Å². The van der Waals surface area contributed by atoms with E-state index in [0.717, 1.165) is 23.6 Å². The Bertz CT molecular complexity index is 314. The third kappa shape index (κ3) is 1.77. The first kappa shape index (κ1) is 8.81. The fraction of sp³-hybridized carbons (Fsp3) is 0.333. The lowest BCUT2D eigenvalue weighted by molar-refractivity contribution is 0.530. The van der Waals surface area contributed by atoms with Gasteiger partial charge in [0.2, 0.25) is 0 Å². The average molecular weight is 198 g/mol. The van der Waals surface area contributed by atoms with E-state index in [1.54, 1.807) is 0 Å². The predicted octanol–water partition coefficient (Wildman–Crippen LogP) is 1.49. The maximum Gasteiger partial charge on any atom is 0.0896 e. The first-order valence-electron chi connectivity index (χ1n) is 4.30. The summed E-state index contributed by atoms with van der Waals surface area (Å²) >= 11 is 5.88. The highest BCUT2D eigenvalue weighted by Gasteiger charge is 2.15. The maximum absolute atomic E-state index is 5.88. The van der Waals surface area contributed by atoms with Crippen molar-refractivity contribution in [3.05, 3.63) is 28.8 Å². The molecule has 0 bridgehead atoms. The van der Waals surface area contributed by atoms with Crippen LogP contribution < -0.4 is 16.6 Å². The third-order valence-corrected chi connectivity index (χ3v) is 2.54. The van der Waals surface area contributed by atoms with Gasteiger partial charge in [0.25, 0.3) is 0 Å². The number of rotatable bonds is 1. The Hall–Kier alpha value is -0.770. The molecule has 0 saturated heterocycles. The molecule has 4 heteroatoms. The van der Waals surface area contributed by atoms with Gasteiger partial charge in [-0.15, -0.1) is 0 Å². The Balaban J connectivity index is 2.26. The summed E-state index contributed by atoms with van der Waals surface area (Å²) in [6.07, 6.45) is 2.18. The molecule has 13 heavy (non-hydrogen) atoms. The van der Waals surface area contributed by atoms with Crippen molar-refractivity contribution in [3.63, 3.8) is 0 Å². The molecule has 0 spiro atoms. The van der Waals surface area contributed by atoms with E-state index < -0.39 is 0 Å². The first-order chi connectivity index (χ1) is 6.29. The lowest BCUT2D eigenvalue weighted by Crippen LogP contribution is -2.43. The molecular weight excluding hydrogens is 186 g/mol. The fourth-order valence-corrected chi connectivity index (χ4v) is 1.79. The van der Waals surface area contributed by atoms with Crippen LogP contribution in [0.3, 0.4) is 0 Å². The SMILES string of the molecule is NNC1CCc2cc(Cl)ccc2N1. The largest absolute Gasteiger partial charge is 0.369 e. The minimum atomic E-state index is 0.175. The normalized spacial score (nSPS) is 20.6. The topological polar surface area (TPSA) is 50.1 Å². The van der Waals surface area contributed by atoms with Crippen molar-refractivity contribution in [3.8, 4) is 0 Å². The zero-order valence-electron chi connectivity index (χ0n) is 7.18. The van der Waals surface area contributed by atoms with Crippen molar-refractivity contribution in [2.75, 3.05) is 5.32 Å². The monoisotopic (exact) mass is 197 g/mol. The highest BCUT2D eigenvalue weighted by Crippen LogP contribution is 2.26. The van der Waals surface area contributed by atoms with Gasteiger partial charge in [-0.3, -0.25) is 5.84 Å². The number of benzene rings is 1. The minimum Gasteiger partial charge on any atom is -0.369 e. The number of aryl methyl sites for hydroxylation is 1. The molecule has 4 N–H and O–H groups in total. The molecule has 1 aliphatic heterocycles. The highest BCUT2D eigenvalue weighted by molar-refractivity contribution is 6.30. The summed E-state index contributed by atoms with van der Waals surface area (Å²) < 4.78 is 0. The lowest BCUT2D eigenvalue weighted by Gasteiger charge is -2.26. The Morgan fingerprint density at radius 3 is 3.15 bits per heavy atom. The van der Waals surface area contributed by atoms with Crippen LogP contribution in [-0.4, -0.2) is 6.17 Å². The van der Waals surface area contributed by atoms with E-state index in [1.165, 1.54) is 5.56 Å². The predicted molar refractivity (Wildman–Crippen MR) is 54.5 cm³/mol. The molecule has 1 atom stereocenters. The van der Waals surface area contributed by atoms with Crippen LogP contribution in [0, 0.1) is 0 Å². The second-order valence-electron chi connectivity index (χ2n) is 3.20. The second kappa shape index (κ2) is 3.54. The summed E-state index contributed by atoms with van der Waals surface area (Å²) in [4.78, 5) is 0. The smallest absolute Gasteiger partial charge is 0.0896 e. The first-order valence-corrected chi connectivity index (χ1v) is 4.68. The maximum atomic E-state index is 5.88. The Morgan fingerprint density at radius 1 is 1.54 bits per heavy atom. The molecule has 0 fully saturated rings. The zero-order valence-corrected chi connectivity index (χ0v) is 7.93. The van der Waals surface area contributed by atoms with E-state index >= 15 is 0 Å². The number of fused-ring (bicyclic) bond motifs is 1. The van der Waals surface area contributed by atoms with Crippen molar-refractivity contribution < 1.29 is 0 Å². The molecule has 0 amide bonds. The van der Waals surface area contributed by atoms with Crippen molar-refractivity contribution in [1.29, 1.82) is 0 Å². The Morgan fingerprint density at radius 2 is 2.38 bits per heavy atom. The van der Waals surface area contributed by atoms with E-state index in [2.05, 4.69) is 10.7 Å². The number of nitrogens with one attached hydrogen (secondary N) is 2. The summed E-state index contributed by atoms with van der Waals surface area (Å²) in [6, 6.07) is 5.87. The molecule has 0 aliphatic carbocycles. The quantitative estimate of drug-likeness (QED) is 0.472. The van der Waals surface area contributed by atoms with Crippen molar-refractivity contribution in [2.24, 2.45) is 5.84 Å². The fourth-order valence-electron chi connectivity index (χ4n) is 1.59. The van der Waals surface area contributed by atoms with Crippen LogP contribution in [0.4, 0.5) is 5.69 Å². The summed E-state index contributed by atoms with van der Waals surface area (Å²) in [6.45, 7) is 0. The van der Waals surface area contributed by atoms with Crippen molar-refractivity contribution in [1.82, 2.24) is 5.43 Å². The number of hydrogen-bond donors (Lipinski definition) is 3. The van der Waals surface area contributed by atoms with Gasteiger partial charge >= 0.3 is 0 Å². The molecular formula is C9H12ClN3. The Labute approximate surface area is 82.2 Å². The van der Waals surface area contributed by atoms with Gasteiger partial charge in [-0.25, -0.2) is 5.43 Å². The van der Waals surface area contributed by atoms with Gasteiger partial charge in [0, 0.05) is 10.7 Å². The van der Waals surface area contributed by atoms with E-state index in [4.69, 9.17) is 17.4 Å². The highest BCUT2D eigenvalue weighted by atomic mass is 35.5. The molecule has 0 saturated carbocycles. The van der Waals surface area contributed by atoms with Gasteiger partial charge in [0.15, 0.2) is 0 Å². The molecule has 1 aromatic rings. The second-order valence-corrected chi connectivity index (χ2v) is 3.64. The molecule has 1 aliphatic rings. The van der Waals surface area contributed by atoms with Gasteiger partial charge in [0.1, 0.15) is 0 Å². The lowest BCUT2D eigenvalue weighted by atomic mass is 10.0. The van der Waals surface area contributed by atoms with Crippen molar-refractivity contribution >= 4 is 17.3 Å². The van der Waals surface area contributed by atoms with E-state index in [0.29, 0.717) is 0 Å². The molecule has 2 rings (SSSR count). The number of hydrazine groups is 1. The molecule has 1 heterocycles. The number of halogens is 1. The zero-order chi connectivity index (χ0) is 9.26. The summed E-state index contributed by atoms with van der Waals surface area (Å²) in [7, 11) is 0. The molecule has 1 aromatic carbocycles. The van der Waals surface area contributed by atoms with Gasteiger partial charge in [-0.1, -0.05) is 11.6 Å². The van der Waals surface area contributed by atoms with E-state index in [1.807, 2.05) is 18.2 Å². The molecule has 0 aromatic heterocycles. The number of nitrogens with two attached hydrogens (primary N) is 1. The molecule has 70 valence electrons. The van der Waals surface area contributed by atoms with Crippen LogP contribution in [0.2, 0.25) is 5.02 Å². The molecule has 3 nitrogen and oxygen atoms in total. The van der Waals surface area contributed by atoms with Crippen LogP contribution in [0.15, 0.2) is 18.2 Å². The Kier molecular flexibility index (Phi) is 2.40. The van der Waals surface area contributed by atoms with Crippen molar-refractivity contribution in [2.45, 2.75) is 19.0 Å². The standard InChI is InChI=1S/C9H12ClN3/c10-7-2-3-8-6(5-7)1-4-9(12-8)13-11/h2-3,5,9,12-13H,1,4,11H2. The third-order valence-electron chi connectivity index (χ3n) is 2.30. The summed E-state index contributed by atoms with van der Waals surface area (Å²) in [5.74, 6) is 5.35. The van der Waals surface area contributed by atoms with E-state index in [9.17, 15) is 0 Å². The number of hydrogen-bond acceptors (Lipinski definition) is 3. The van der Waals surface area contributed by atoms with Gasteiger partial charge < -0.3 is 5.32 Å². The molecule has 0 radical (unpaired) electrons. The van der Waals surface area contributed by atoms with Gasteiger partial charge in [0.05, 0.1) is 6.17 Å². The summed E-state index contributed by atoms with van der Waals surface area (Å²) in [5.41, 5.74) is 5.10. The average Bonchev–Trinajstić information content (AvgIpc) is 2.17. The van der Waals surface area contributed by atoms with Crippen LogP contribution in [0.5, 0.6) is 0 Å². The van der Waals surface area contributed by atoms with Gasteiger partial charge in [-0.2, -0.15) is 0 Å². The number of anilines is 1. The van der Waals surface area contributed by atoms with Gasteiger partial charge in [-0.05, 0) is 36.6 Å².